The molecule has 0 aromatic heterocycles. The van der Waals surface area contributed by atoms with Crippen LogP contribution in [-0.2, 0) is 16.6 Å². The fraction of sp³-hybridized carbons (Fsp3) is 0.174. The molecule has 0 radical (unpaired) electrons. The Labute approximate surface area is 172 Å². The first kappa shape index (κ1) is 20.8. The normalized spacial score (nSPS) is 11.4. The number of amides is 1. The van der Waals surface area contributed by atoms with Crippen LogP contribution < -0.4 is 5.32 Å². The number of benzene rings is 3. The van der Waals surface area contributed by atoms with Crippen LogP contribution in [0.25, 0.3) is 0 Å². The summed E-state index contributed by atoms with van der Waals surface area (Å²) in [4.78, 5) is 12.7. The van der Waals surface area contributed by atoms with Gasteiger partial charge in [-0.25, -0.2) is 8.42 Å². The number of hydrogen-bond acceptors (Lipinski definition) is 3. The van der Waals surface area contributed by atoms with Crippen LogP contribution in [0.2, 0.25) is 0 Å². The van der Waals surface area contributed by atoms with Crippen LogP contribution in [0.5, 0.6) is 0 Å². The fourth-order valence-corrected chi connectivity index (χ4v) is 3.99. The summed E-state index contributed by atoms with van der Waals surface area (Å²) < 4.78 is 26.7. The summed E-state index contributed by atoms with van der Waals surface area (Å²) in [5.41, 5.74) is 4.17. The zero-order valence-corrected chi connectivity index (χ0v) is 17.5. The van der Waals surface area contributed by atoms with Gasteiger partial charge in [-0.1, -0.05) is 47.5 Å². The van der Waals surface area contributed by atoms with Gasteiger partial charge in [-0.05, 0) is 55.8 Å². The predicted octanol–water partition coefficient (Wildman–Crippen LogP) is 4.38. The lowest BCUT2D eigenvalue weighted by atomic mass is 10.1. The molecule has 0 aliphatic heterocycles. The molecule has 0 aliphatic rings. The van der Waals surface area contributed by atoms with Crippen LogP contribution >= 0.6 is 0 Å². The summed E-state index contributed by atoms with van der Waals surface area (Å²) in [7, 11) is -2.02. The van der Waals surface area contributed by atoms with Crippen molar-refractivity contribution in [2.45, 2.75) is 25.3 Å². The standard InChI is InChI=1S/C23H24N2O3S/c1-17-4-12-21(13-5-17)24-23(26)20-10-8-19(9-11-20)16-25(3)29(27,28)22-14-6-18(2)7-15-22/h4-15H,16H2,1-3H3,(H,24,26). The lowest BCUT2D eigenvalue weighted by molar-refractivity contribution is 0.102. The molecule has 0 heterocycles. The molecule has 29 heavy (non-hydrogen) atoms. The van der Waals surface area contributed by atoms with E-state index in [1.54, 1.807) is 55.6 Å². The Balaban J connectivity index is 1.67. The van der Waals surface area contributed by atoms with E-state index in [-0.39, 0.29) is 17.3 Å². The molecule has 0 fully saturated rings. The Kier molecular flexibility index (Phi) is 6.15. The number of sulfonamides is 1. The first-order valence-corrected chi connectivity index (χ1v) is 10.7. The van der Waals surface area contributed by atoms with Gasteiger partial charge in [-0.15, -0.1) is 0 Å². The zero-order chi connectivity index (χ0) is 21.0. The van der Waals surface area contributed by atoms with E-state index in [1.807, 2.05) is 38.1 Å². The second-order valence-electron chi connectivity index (χ2n) is 7.09. The van der Waals surface area contributed by atoms with E-state index in [1.165, 1.54) is 4.31 Å². The molecule has 0 saturated heterocycles. The SMILES string of the molecule is Cc1ccc(NC(=O)c2ccc(CN(C)S(=O)(=O)c3ccc(C)cc3)cc2)cc1. The Morgan fingerprint density at radius 1 is 0.828 bits per heavy atom. The lowest BCUT2D eigenvalue weighted by Crippen LogP contribution is -2.26. The number of hydrogen-bond donors (Lipinski definition) is 1. The smallest absolute Gasteiger partial charge is 0.255 e. The molecule has 0 spiro atoms. The molecule has 150 valence electrons. The summed E-state index contributed by atoms with van der Waals surface area (Å²) >= 11 is 0. The number of carbonyl (C=O) groups excluding carboxylic acids is 1. The van der Waals surface area contributed by atoms with Crippen molar-refractivity contribution in [3.63, 3.8) is 0 Å². The van der Waals surface area contributed by atoms with E-state index in [4.69, 9.17) is 0 Å². The van der Waals surface area contributed by atoms with Crippen LogP contribution in [0.4, 0.5) is 5.69 Å². The number of anilines is 1. The number of rotatable bonds is 6. The van der Waals surface area contributed by atoms with E-state index in [9.17, 15) is 13.2 Å². The maximum Gasteiger partial charge on any atom is 0.255 e. The van der Waals surface area contributed by atoms with Gasteiger partial charge in [0, 0.05) is 24.8 Å². The molecule has 0 saturated carbocycles. The highest BCUT2D eigenvalue weighted by Gasteiger charge is 2.20. The van der Waals surface area contributed by atoms with Crippen LogP contribution in [0.1, 0.15) is 27.0 Å². The lowest BCUT2D eigenvalue weighted by Gasteiger charge is -2.17. The van der Waals surface area contributed by atoms with Gasteiger partial charge in [0.05, 0.1) is 4.90 Å². The van der Waals surface area contributed by atoms with Crippen molar-refractivity contribution in [3.05, 3.63) is 95.1 Å². The molecular weight excluding hydrogens is 384 g/mol. The van der Waals surface area contributed by atoms with Gasteiger partial charge < -0.3 is 5.32 Å². The molecular formula is C23H24N2O3S. The first-order valence-electron chi connectivity index (χ1n) is 9.26. The van der Waals surface area contributed by atoms with Crippen molar-refractivity contribution in [2.75, 3.05) is 12.4 Å². The fourth-order valence-electron chi connectivity index (χ4n) is 2.83. The maximum absolute atomic E-state index is 12.7. The van der Waals surface area contributed by atoms with Crippen LogP contribution in [0, 0.1) is 13.8 Å². The average Bonchev–Trinajstić information content (AvgIpc) is 2.70. The third-order valence-electron chi connectivity index (χ3n) is 4.66. The van der Waals surface area contributed by atoms with Crippen molar-refractivity contribution in [2.24, 2.45) is 0 Å². The van der Waals surface area contributed by atoms with Gasteiger partial charge in [0.25, 0.3) is 5.91 Å². The summed E-state index contributed by atoms with van der Waals surface area (Å²) in [5, 5.41) is 2.85. The number of nitrogens with zero attached hydrogens (tertiary/aromatic N) is 1. The topological polar surface area (TPSA) is 66.5 Å². The highest BCUT2D eigenvalue weighted by atomic mass is 32.2. The molecule has 1 N–H and O–H groups in total. The molecule has 0 unspecified atom stereocenters. The van der Waals surface area contributed by atoms with Crippen molar-refractivity contribution in [1.82, 2.24) is 4.31 Å². The predicted molar refractivity (Wildman–Crippen MR) is 115 cm³/mol. The second kappa shape index (κ2) is 8.59. The third kappa shape index (κ3) is 5.10. The van der Waals surface area contributed by atoms with Crippen molar-refractivity contribution in [3.8, 4) is 0 Å². The largest absolute Gasteiger partial charge is 0.322 e. The molecule has 0 bridgehead atoms. The number of carbonyl (C=O) groups is 1. The van der Waals surface area contributed by atoms with E-state index >= 15 is 0 Å². The molecule has 1 amide bonds. The van der Waals surface area contributed by atoms with E-state index in [0.717, 1.165) is 22.4 Å². The van der Waals surface area contributed by atoms with E-state index in [0.29, 0.717) is 5.56 Å². The second-order valence-corrected chi connectivity index (χ2v) is 9.14. The van der Waals surface area contributed by atoms with Gasteiger partial charge in [0.2, 0.25) is 10.0 Å². The molecule has 3 aromatic carbocycles. The third-order valence-corrected chi connectivity index (χ3v) is 6.48. The summed E-state index contributed by atoms with van der Waals surface area (Å²) in [6, 6.07) is 21.3. The van der Waals surface area contributed by atoms with Crippen molar-refractivity contribution in [1.29, 1.82) is 0 Å². The van der Waals surface area contributed by atoms with E-state index in [2.05, 4.69) is 5.32 Å². The number of nitrogens with one attached hydrogen (secondary N) is 1. The van der Waals surface area contributed by atoms with Crippen LogP contribution in [-0.4, -0.2) is 25.7 Å². The van der Waals surface area contributed by atoms with Crippen LogP contribution in [0.15, 0.2) is 77.7 Å². The summed E-state index contributed by atoms with van der Waals surface area (Å²) in [5.74, 6) is -0.207. The minimum atomic E-state index is -3.57. The van der Waals surface area contributed by atoms with Gasteiger partial charge in [0.1, 0.15) is 0 Å². The molecule has 0 atom stereocenters. The molecule has 5 nitrogen and oxygen atoms in total. The van der Waals surface area contributed by atoms with Gasteiger partial charge in [-0.2, -0.15) is 4.31 Å². The monoisotopic (exact) mass is 408 g/mol. The maximum atomic E-state index is 12.7. The van der Waals surface area contributed by atoms with Gasteiger partial charge in [0.15, 0.2) is 0 Å². The average molecular weight is 409 g/mol. The van der Waals surface area contributed by atoms with Crippen LogP contribution in [0.3, 0.4) is 0 Å². The Morgan fingerprint density at radius 2 is 1.34 bits per heavy atom. The van der Waals surface area contributed by atoms with Gasteiger partial charge in [-0.3, -0.25) is 4.79 Å². The van der Waals surface area contributed by atoms with Crippen molar-refractivity contribution >= 4 is 21.6 Å². The Morgan fingerprint density at radius 3 is 1.90 bits per heavy atom. The number of aryl methyl sites for hydroxylation is 2. The molecule has 6 heteroatoms. The minimum Gasteiger partial charge on any atom is -0.322 e. The quantitative estimate of drug-likeness (QED) is 0.658. The highest BCUT2D eigenvalue weighted by Crippen LogP contribution is 2.18. The van der Waals surface area contributed by atoms with E-state index < -0.39 is 10.0 Å². The Hall–Kier alpha value is -2.96. The minimum absolute atomic E-state index is 0.207. The summed E-state index contributed by atoms with van der Waals surface area (Å²) in [6.45, 7) is 4.12. The zero-order valence-electron chi connectivity index (χ0n) is 16.7. The highest BCUT2D eigenvalue weighted by molar-refractivity contribution is 7.89. The Bertz CT molecular complexity index is 1090. The van der Waals surface area contributed by atoms with Gasteiger partial charge >= 0.3 is 0 Å². The molecule has 3 aromatic rings. The summed E-state index contributed by atoms with van der Waals surface area (Å²) in [6.07, 6.45) is 0. The molecule has 0 aliphatic carbocycles. The van der Waals surface area contributed by atoms with Crippen molar-refractivity contribution < 1.29 is 13.2 Å². The molecule has 3 rings (SSSR count). The first-order chi connectivity index (χ1) is 13.8.